The third-order valence-corrected chi connectivity index (χ3v) is 4.52. The predicted molar refractivity (Wildman–Crippen MR) is 86.2 cm³/mol. The standard InChI is InChI=1S/C17H16FNO3S/c1-11(12-6-7-14-15(8-12)22-10-21-14)19-17(20)9-23-16-5-3-2-4-13(16)18/h2-8,11H,9-10H2,1H3,(H,19,20)/t11-/m0/s1. The number of fused-ring (bicyclic) bond motifs is 1. The molecule has 0 aliphatic carbocycles. The zero-order chi connectivity index (χ0) is 16.2. The molecule has 3 rings (SSSR count). The first-order valence-corrected chi connectivity index (χ1v) is 8.18. The number of rotatable bonds is 5. The topological polar surface area (TPSA) is 47.6 Å². The highest BCUT2D eigenvalue weighted by atomic mass is 32.2. The average Bonchev–Trinajstić information content (AvgIpc) is 3.01. The second-order valence-electron chi connectivity index (χ2n) is 5.12. The molecule has 0 bridgehead atoms. The molecule has 1 heterocycles. The van der Waals surface area contributed by atoms with Gasteiger partial charge >= 0.3 is 0 Å². The van der Waals surface area contributed by atoms with Gasteiger partial charge in [-0.1, -0.05) is 18.2 Å². The van der Waals surface area contributed by atoms with Crippen molar-refractivity contribution in [3.05, 3.63) is 53.8 Å². The van der Waals surface area contributed by atoms with Crippen molar-refractivity contribution in [2.45, 2.75) is 17.9 Å². The Balaban J connectivity index is 1.56. The molecule has 6 heteroatoms. The molecule has 2 aromatic rings. The van der Waals surface area contributed by atoms with Gasteiger partial charge in [0.1, 0.15) is 5.82 Å². The predicted octanol–water partition coefficient (Wildman–Crippen LogP) is 3.52. The fourth-order valence-electron chi connectivity index (χ4n) is 2.25. The van der Waals surface area contributed by atoms with Crippen LogP contribution in [0, 0.1) is 5.82 Å². The first kappa shape index (κ1) is 15.7. The number of carbonyl (C=O) groups is 1. The van der Waals surface area contributed by atoms with Crippen LogP contribution in [0.5, 0.6) is 11.5 Å². The van der Waals surface area contributed by atoms with Crippen LogP contribution in [0.4, 0.5) is 4.39 Å². The van der Waals surface area contributed by atoms with Crippen LogP contribution >= 0.6 is 11.8 Å². The zero-order valence-corrected chi connectivity index (χ0v) is 13.4. The molecule has 1 aliphatic heterocycles. The number of amides is 1. The molecule has 4 nitrogen and oxygen atoms in total. The maximum Gasteiger partial charge on any atom is 0.231 e. The number of nitrogens with one attached hydrogen (secondary N) is 1. The molecule has 1 N–H and O–H groups in total. The number of halogens is 1. The first-order chi connectivity index (χ1) is 11.1. The lowest BCUT2D eigenvalue weighted by molar-refractivity contribution is -0.119. The van der Waals surface area contributed by atoms with Crippen molar-refractivity contribution in [2.75, 3.05) is 12.5 Å². The second kappa shape index (κ2) is 6.91. The first-order valence-electron chi connectivity index (χ1n) is 7.20. The zero-order valence-electron chi connectivity index (χ0n) is 12.5. The van der Waals surface area contributed by atoms with Gasteiger partial charge in [-0.25, -0.2) is 4.39 Å². The van der Waals surface area contributed by atoms with E-state index in [1.54, 1.807) is 18.2 Å². The van der Waals surface area contributed by atoms with Crippen LogP contribution in [-0.2, 0) is 4.79 Å². The van der Waals surface area contributed by atoms with E-state index < -0.39 is 0 Å². The Bertz CT molecular complexity index is 723. The molecule has 0 saturated heterocycles. The fourth-order valence-corrected chi connectivity index (χ4v) is 3.00. The molecule has 0 radical (unpaired) electrons. The van der Waals surface area contributed by atoms with Crippen molar-refractivity contribution >= 4 is 17.7 Å². The molecular weight excluding hydrogens is 317 g/mol. The molecule has 23 heavy (non-hydrogen) atoms. The Morgan fingerprint density at radius 3 is 2.87 bits per heavy atom. The summed E-state index contributed by atoms with van der Waals surface area (Å²) in [5.74, 6) is 1.10. The lowest BCUT2D eigenvalue weighted by Crippen LogP contribution is -2.28. The van der Waals surface area contributed by atoms with E-state index in [0.29, 0.717) is 16.4 Å². The number of ether oxygens (including phenoxy) is 2. The van der Waals surface area contributed by atoms with Crippen molar-refractivity contribution in [2.24, 2.45) is 0 Å². The molecule has 1 aliphatic rings. The molecule has 0 spiro atoms. The van der Waals surface area contributed by atoms with E-state index >= 15 is 0 Å². The van der Waals surface area contributed by atoms with E-state index in [1.165, 1.54) is 17.8 Å². The molecule has 0 fully saturated rings. The fraction of sp³-hybridized carbons (Fsp3) is 0.235. The van der Waals surface area contributed by atoms with Crippen molar-refractivity contribution in [3.63, 3.8) is 0 Å². The quantitative estimate of drug-likeness (QED) is 0.851. The summed E-state index contributed by atoms with van der Waals surface area (Å²) in [4.78, 5) is 12.5. The van der Waals surface area contributed by atoms with Crippen LogP contribution in [0.25, 0.3) is 0 Å². The number of thioether (sulfide) groups is 1. The highest BCUT2D eigenvalue weighted by Crippen LogP contribution is 2.34. The maximum atomic E-state index is 13.5. The molecule has 120 valence electrons. The van der Waals surface area contributed by atoms with Crippen LogP contribution in [0.2, 0.25) is 0 Å². The van der Waals surface area contributed by atoms with Crippen molar-refractivity contribution in [1.29, 1.82) is 0 Å². The summed E-state index contributed by atoms with van der Waals surface area (Å²) in [6.45, 7) is 2.11. The third kappa shape index (κ3) is 3.76. The number of hydrogen-bond acceptors (Lipinski definition) is 4. The highest BCUT2D eigenvalue weighted by molar-refractivity contribution is 8.00. The smallest absolute Gasteiger partial charge is 0.231 e. The van der Waals surface area contributed by atoms with Gasteiger partial charge in [-0.05, 0) is 36.8 Å². The van der Waals surface area contributed by atoms with Gasteiger partial charge in [-0.2, -0.15) is 0 Å². The van der Waals surface area contributed by atoms with Gasteiger partial charge in [0, 0.05) is 4.90 Å². The Morgan fingerprint density at radius 2 is 2.04 bits per heavy atom. The lowest BCUT2D eigenvalue weighted by atomic mass is 10.1. The van der Waals surface area contributed by atoms with Crippen molar-refractivity contribution in [1.82, 2.24) is 5.32 Å². The van der Waals surface area contributed by atoms with Crippen molar-refractivity contribution < 1.29 is 18.7 Å². The Labute approximate surface area is 138 Å². The van der Waals surface area contributed by atoms with E-state index in [1.807, 2.05) is 25.1 Å². The SMILES string of the molecule is C[C@H](NC(=O)CSc1ccccc1F)c1ccc2c(c1)OCO2. The molecule has 1 amide bonds. The van der Waals surface area contributed by atoms with Crippen LogP contribution < -0.4 is 14.8 Å². The molecular formula is C17H16FNO3S. The summed E-state index contributed by atoms with van der Waals surface area (Å²) in [7, 11) is 0. The summed E-state index contributed by atoms with van der Waals surface area (Å²) >= 11 is 1.18. The number of benzene rings is 2. The number of carbonyl (C=O) groups excluding carboxylic acids is 1. The minimum absolute atomic E-state index is 0.150. The largest absolute Gasteiger partial charge is 0.454 e. The van der Waals surface area contributed by atoms with E-state index in [4.69, 9.17) is 9.47 Å². The molecule has 0 saturated carbocycles. The Kier molecular flexibility index (Phi) is 4.71. The molecule has 0 aromatic heterocycles. The Morgan fingerprint density at radius 1 is 1.26 bits per heavy atom. The van der Waals surface area contributed by atoms with Crippen LogP contribution in [0.3, 0.4) is 0 Å². The van der Waals surface area contributed by atoms with Gasteiger partial charge in [-0.3, -0.25) is 4.79 Å². The molecule has 0 unspecified atom stereocenters. The van der Waals surface area contributed by atoms with E-state index in [0.717, 1.165) is 5.56 Å². The summed E-state index contributed by atoms with van der Waals surface area (Å²) in [6, 6.07) is 11.8. The van der Waals surface area contributed by atoms with Crippen molar-refractivity contribution in [3.8, 4) is 11.5 Å². The molecule has 1 atom stereocenters. The van der Waals surface area contributed by atoms with Crippen LogP contribution in [0.1, 0.15) is 18.5 Å². The minimum atomic E-state index is -0.311. The van der Waals surface area contributed by atoms with E-state index in [9.17, 15) is 9.18 Å². The normalized spacial score (nSPS) is 13.7. The third-order valence-electron chi connectivity index (χ3n) is 3.47. The summed E-state index contributed by atoms with van der Waals surface area (Å²) in [5.41, 5.74) is 0.929. The average molecular weight is 333 g/mol. The summed E-state index contributed by atoms with van der Waals surface area (Å²) < 4.78 is 24.1. The van der Waals surface area contributed by atoms with Gasteiger partial charge in [0.2, 0.25) is 12.7 Å². The van der Waals surface area contributed by atoms with Gasteiger partial charge in [-0.15, -0.1) is 11.8 Å². The van der Waals surface area contributed by atoms with Gasteiger partial charge in [0.05, 0.1) is 11.8 Å². The summed E-state index contributed by atoms with van der Waals surface area (Å²) in [6.07, 6.45) is 0. The van der Waals surface area contributed by atoms with E-state index in [-0.39, 0.29) is 30.3 Å². The second-order valence-corrected chi connectivity index (χ2v) is 6.14. The van der Waals surface area contributed by atoms with Gasteiger partial charge < -0.3 is 14.8 Å². The monoisotopic (exact) mass is 333 g/mol. The maximum absolute atomic E-state index is 13.5. The van der Waals surface area contributed by atoms with E-state index in [2.05, 4.69) is 5.32 Å². The van der Waals surface area contributed by atoms with Crippen LogP contribution in [-0.4, -0.2) is 18.5 Å². The highest BCUT2D eigenvalue weighted by Gasteiger charge is 2.17. The Hall–Kier alpha value is -2.21. The van der Waals surface area contributed by atoms with Crippen LogP contribution in [0.15, 0.2) is 47.4 Å². The number of hydrogen-bond donors (Lipinski definition) is 1. The lowest BCUT2D eigenvalue weighted by Gasteiger charge is -2.14. The minimum Gasteiger partial charge on any atom is -0.454 e. The van der Waals surface area contributed by atoms with Gasteiger partial charge in [0.25, 0.3) is 0 Å². The summed E-state index contributed by atoms with van der Waals surface area (Å²) in [5, 5.41) is 2.90. The molecule has 2 aromatic carbocycles. The van der Waals surface area contributed by atoms with Gasteiger partial charge in [0.15, 0.2) is 11.5 Å².